The van der Waals surface area contributed by atoms with Gasteiger partial charge in [0, 0.05) is 24.9 Å². The van der Waals surface area contributed by atoms with Crippen molar-refractivity contribution in [3.8, 4) is 0 Å². The van der Waals surface area contributed by atoms with E-state index in [0.29, 0.717) is 10.7 Å². The second-order valence-electron chi connectivity index (χ2n) is 7.60. The number of nitrogens with zero attached hydrogens (tertiary/aromatic N) is 1. The molecule has 2 atom stereocenters. The second-order valence-corrected chi connectivity index (χ2v) is 8.01. The number of carbonyl (C=O) groups excluding carboxylic acids is 1. The summed E-state index contributed by atoms with van der Waals surface area (Å²) < 4.78 is 0. The third-order valence-corrected chi connectivity index (χ3v) is 6.22. The van der Waals surface area contributed by atoms with Crippen LogP contribution in [0.1, 0.15) is 24.8 Å². The van der Waals surface area contributed by atoms with Crippen molar-refractivity contribution in [1.82, 2.24) is 4.90 Å². The molecule has 3 nitrogen and oxygen atoms in total. The average Bonchev–Trinajstić information content (AvgIpc) is 2.69. The normalized spacial score (nSPS) is 23.0. The predicted octanol–water partition coefficient (Wildman–Crippen LogP) is 5.09. The Morgan fingerprint density at radius 3 is 2.59 bits per heavy atom. The van der Waals surface area contributed by atoms with E-state index in [-0.39, 0.29) is 17.7 Å². The largest absolute Gasteiger partial charge is 0.325 e. The van der Waals surface area contributed by atoms with Gasteiger partial charge >= 0.3 is 0 Å². The van der Waals surface area contributed by atoms with E-state index in [9.17, 15) is 4.79 Å². The topological polar surface area (TPSA) is 32.3 Å². The first kappa shape index (κ1) is 18.3. The summed E-state index contributed by atoms with van der Waals surface area (Å²) in [6.07, 6.45) is 2.88. The third kappa shape index (κ3) is 3.80. The number of amides is 1. The number of hydrogen-bond donors (Lipinski definition) is 1. The number of halogens is 1. The van der Waals surface area contributed by atoms with Gasteiger partial charge in [-0.25, -0.2) is 0 Å². The Morgan fingerprint density at radius 1 is 1.07 bits per heavy atom. The highest BCUT2D eigenvalue weighted by Gasteiger charge is 2.38. The number of benzene rings is 2. The van der Waals surface area contributed by atoms with Crippen molar-refractivity contribution < 1.29 is 4.79 Å². The molecule has 1 saturated heterocycles. The molecular formula is C23H25ClN2O. The summed E-state index contributed by atoms with van der Waals surface area (Å²) in [5.41, 5.74) is 4.94. The van der Waals surface area contributed by atoms with Gasteiger partial charge in [-0.15, -0.1) is 0 Å². The van der Waals surface area contributed by atoms with E-state index in [4.69, 9.17) is 11.6 Å². The molecule has 27 heavy (non-hydrogen) atoms. The number of fused-ring (bicyclic) bond motifs is 1. The Labute approximate surface area is 166 Å². The molecule has 0 aromatic heterocycles. The summed E-state index contributed by atoms with van der Waals surface area (Å²) in [6, 6.07) is 18.1. The molecule has 2 aromatic carbocycles. The highest BCUT2D eigenvalue weighted by molar-refractivity contribution is 6.33. The minimum atomic E-state index is -0.00788. The van der Waals surface area contributed by atoms with E-state index in [2.05, 4.69) is 47.6 Å². The molecule has 0 radical (unpaired) electrons. The van der Waals surface area contributed by atoms with Gasteiger partial charge in [0.1, 0.15) is 0 Å². The van der Waals surface area contributed by atoms with E-state index in [1.165, 1.54) is 16.7 Å². The fourth-order valence-corrected chi connectivity index (χ4v) is 4.69. The third-order valence-electron chi connectivity index (χ3n) is 5.89. The van der Waals surface area contributed by atoms with Gasteiger partial charge in [0.15, 0.2) is 0 Å². The molecule has 140 valence electrons. The first-order valence-electron chi connectivity index (χ1n) is 9.65. The van der Waals surface area contributed by atoms with Gasteiger partial charge in [0.25, 0.3) is 0 Å². The predicted molar refractivity (Wildman–Crippen MR) is 112 cm³/mol. The summed E-state index contributed by atoms with van der Waals surface area (Å²) >= 11 is 6.24. The fraction of sp³-hybridized carbons (Fsp3) is 0.348. The molecule has 1 aliphatic heterocycles. The molecule has 1 fully saturated rings. The summed E-state index contributed by atoms with van der Waals surface area (Å²) in [5, 5.41) is 3.66. The zero-order valence-corrected chi connectivity index (χ0v) is 16.4. The average molecular weight is 381 g/mol. The summed E-state index contributed by atoms with van der Waals surface area (Å²) in [6.45, 7) is 1.99. The lowest BCUT2D eigenvalue weighted by Gasteiger charge is -2.41. The van der Waals surface area contributed by atoms with Crippen LogP contribution < -0.4 is 5.32 Å². The van der Waals surface area contributed by atoms with Crippen molar-refractivity contribution in [2.24, 2.45) is 11.8 Å². The Balaban J connectivity index is 1.63. The van der Waals surface area contributed by atoms with Crippen LogP contribution in [0, 0.1) is 11.8 Å². The van der Waals surface area contributed by atoms with Crippen molar-refractivity contribution in [3.63, 3.8) is 0 Å². The summed E-state index contributed by atoms with van der Waals surface area (Å²) in [5.74, 6) is 0.356. The fourth-order valence-electron chi connectivity index (χ4n) is 4.51. The molecule has 1 N–H and O–H groups in total. The van der Waals surface area contributed by atoms with Crippen molar-refractivity contribution in [2.75, 3.05) is 25.5 Å². The second kappa shape index (κ2) is 7.87. The first-order chi connectivity index (χ1) is 13.1. The molecule has 4 heteroatoms. The van der Waals surface area contributed by atoms with E-state index in [1.54, 1.807) is 0 Å². The number of likely N-dealkylation sites (tertiary alicyclic amines) is 1. The lowest BCUT2D eigenvalue weighted by Crippen LogP contribution is -2.43. The quantitative estimate of drug-likeness (QED) is 0.803. The van der Waals surface area contributed by atoms with E-state index < -0.39 is 0 Å². The Kier molecular flexibility index (Phi) is 5.33. The van der Waals surface area contributed by atoms with E-state index in [1.807, 2.05) is 24.3 Å². The van der Waals surface area contributed by atoms with Crippen molar-refractivity contribution in [3.05, 3.63) is 70.8 Å². The zero-order chi connectivity index (χ0) is 18.8. The molecule has 1 aliphatic carbocycles. The van der Waals surface area contributed by atoms with Crippen LogP contribution in [-0.2, 0) is 4.79 Å². The van der Waals surface area contributed by atoms with Crippen LogP contribution in [0.5, 0.6) is 0 Å². The molecule has 2 aliphatic rings. The standard InChI is InChI=1S/C23H25ClN2O/c1-26-14-13-18-17(16-7-3-2-4-8-16)11-12-19(20(18)15-26)23(27)25-22-10-6-5-9-21(22)24/h2-10,19-20H,11-15H2,1H3,(H,25,27)/t19-,20+/m1/s1. The van der Waals surface area contributed by atoms with Crippen LogP contribution in [0.3, 0.4) is 0 Å². The summed E-state index contributed by atoms with van der Waals surface area (Å²) in [7, 11) is 2.15. The van der Waals surface area contributed by atoms with Crippen LogP contribution in [0.2, 0.25) is 5.02 Å². The molecule has 4 rings (SSSR count). The monoisotopic (exact) mass is 380 g/mol. The number of para-hydroxylation sites is 1. The van der Waals surface area contributed by atoms with Gasteiger partial charge in [-0.1, -0.05) is 59.6 Å². The molecule has 1 amide bonds. The smallest absolute Gasteiger partial charge is 0.228 e. The molecule has 0 saturated carbocycles. The van der Waals surface area contributed by atoms with E-state index >= 15 is 0 Å². The number of anilines is 1. The maximum Gasteiger partial charge on any atom is 0.228 e. The number of rotatable bonds is 3. The molecule has 0 bridgehead atoms. The maximum atomic E-state index is 13.1. The number of hydrogen-bond acceptors (Lipinski definition) is 2. The number of allylic oxidation sites excluding steroid dienone is 1. The number of piperidine rings is 1. The van der Waals surface area contributed by atoms with Crippen LogP contribution in [0.4, 0.5) is 5.69 Å². The van der Waals surface area contributed by atoms with Crippen LogP contribution >= 0.6 is 11.6 Å². The van der Waals surface area contributed by atoms with Gasteiger partial charge in [-0.3, -0.25) is 4.79 Å². The Bertz CT molecular complexity index is 862. The van der Waals surface area contributed by atoms with Crippen molar-refractivity contribution in [1.29, 1.82) is 0 Å². The maximum absolute atomic E-state index is 13.1. The Morgan fingerprint density at radius 2 is 1.81 bits per heavy atom. The Hall–Kier alpha value is -2.10. The van der Waals surface area contributed by atoms with Crippen LogP contribution in [0.25, 0.3) is 5.57 Å². The van der Waals surface area contributed by atoms with Gasteiger partial charge in [-0.05, 0) is 49.6 Å². The van der Waals surface area contributed by atoms with Crippen molar-refractivity contribution >= 4 is 28.8 Å². The molecule has 2 aromatic rings. The highest BCUT2D eigenvalue weighted by atomic mass is 35.5. The van der Waals surface area contributed by atoms with Crippen LogP contribution in [0.15, 0.2) is 60.2 Å². The minimum Gasteiger partial charge on any atom is -0.325 e. The lowest BCUT2D eigenvalue weighted by molar-refractivity contribution is -0.121. The SMILES string of the molecule is CN1CCC2=C(c3ccccc3)CC[C@@H](C(=O)Nc3ccccc3Cl)[C@H]2C1. The lowest BCUT2D eigenvalue weighted by atomic mass is 9.70. The summed E-state index contributed by atoms with van der Waals surface area (Å²) in [4.78, 5) is 15.5. The van der Waals surface area contributed by atoms with Gasteiger partial charge < -0.3 is 10.2 Å². The highest BCUT2D eigenvalue weighted by Crippen LogP contribution is 2.43. The van der Waals surface area contributed by atoms with Gasteiger partial charge in [0.05, 0.1) is 10.7 Å². The zero-order valence-electron chi connectivity index (χ0n) is 15.6. The van der Waals surface area contributed by atoms with E-state index in [0.717, 1.165) is 32.4 Å². The molecule has 0 spiro atoms. The molecule has 1 heterocycles. The van der Waals surface area contributed by atoms with Gasteiger partial charge in [-0.2, -0.15) is 0 Å². The van der Waals surface area contributed by atoms with Crippen LogP contribution in [-0.4, -0.2) is 30.9 Å². The number of carbonyl (C=O) groups is 1. The number of nitrogens with one attached hydrogen (secondary N) is 1. The minimum absolute atomic E-state index is 0.00788. The molecular weight excluding hydrogens is 356 g/mol. The van der Waals surface area contributed by atoms with Crippen molar-refractivity contribution in [2.45, 2.75) is 19.3 Å². The first-order valence-corrected chi connectivity index (χ1v) is 10.0. The van der Waals surface area contributed by atoms with Gasteiger partial charge in [0.2, 0.25) is 5.91 Å². The molecule has 0 unspecified atom stereocenters.